The van der Waals surface area contributed by atoms with E-state index < -0.39 is 0 Å². The van der Waals surface area contributed by atoms with E-state index in [0.717, 1.165) is 52.0 Å². The Morgan fingerprint density at radius 2 is 1.81 bits per heavy atom. The van der Waals surface area contributed by atoms with Gasteiger partial charge in [0.2, 0.25) is 11.8 Å². The van der Waals surface area contributed by atoms with Gasteiger partial charge in [0.05, 0.1) is 36.6 Å². The van der Waals surface area contributed by atoms with E-state index in [1.807, 2.05) is 65.3 Å². The van der Waals surface area contributed by atoms with E-state index in [1.54, 1.807) is 19.1 Å². The standard InChI is InChI=1S/C33H34N4O4S/c1-20-9-8-12-26(21(20)2)37-33-30(31(35-37)22-10-6-5-7-11-22)32(25-17-24(40-3)15-16-27(25)41-4)42-19-29(39)36(33)18-28(38)34-23-13-14-23/h5-12,15-17,23,32H,13-14,18-19H2,1-4H3,(H,34,38)/t32-/m0/s1. The summed E-state index contributed by atoms with van der Waals surface area (Å²) in [6.07, 6.45) is 1.94. The van der Waals surface area contributed by atoms with Crippen molar-refractivity contribution < 1.29 is 19.1 Å². The van der Waals surface area contributed by atoms with Crippen LogP contribution in [0, 0.1) is 13.8 Å². The smallest absolute Gasteiger partial charge is 0.240 e. The zero-order valence-electron chi connectivity index (χ0n) is 24.2. The molecule has 2 amide bonds. The van der Waals surface area contributed by atoms with Gasteiger partial charge in [-0.3, -0.25) is 14.5 Å². The molecule has 1 aliphatic heterocycles. The molecule has 9 heteroatoms. The van der Waals surface area contributed by atoms with Crippen molar-refractivity contribution in [1.82, 2.24) is 15.1 Å². The molecule has 3 aromatic carbocycles. The van der Waals surface area contributed by atoms with Gasteiger partial charge in [0, 0.05) is 22.7 Å². The number of ether oxygens (including phenoxy) is 2. The molecule has 42 heavy (non-hydrogen) atoms. The van der Waals surface area contributed by atoms with Crippen LogP contribution in [0.4, 0.5) is 5.82 Å². The molecule has 216 valence electrons. The van der Waals surface area contributed by atoms with Crippen molar-refractivity contribution in [3.05, 3.63) is 89.0 Å². The van der Waals surface area contributed by atoms with Gasteiger partial charge in [-0.15, -0.1) is 11.8 Å². The maximum Gasteiger partial charge on any atom is 0.240 e. The van der Waals surface area contributed by atoms with Crippen molar-refractivity contribution in [3.63, 3.8) is 0 Å². The number of nitrogens with zero attached hydrogens (tertiary/aromatic N) is 3. The van der Waals surface area contributed by atoms with Gasteiger partial charge < -0.3 is 14.8 Å². The number of aromatic nitrogens is 2. The Morgan fingerprint density at radius 1 is 1.02 bits per heavy atom. The van der Waals surface area contributed by atoms with E-state index >= 15 is 0 Å². The highest BCUT2D eigenvalue weighted by atomic mass is 32.2. The predicted molar refractivity (Wildman–Crippen MR) is 166 cm³/mol. The van der Waals surface area contributed by atoms with Crippen molar-refractivity contribution >= 4 is 29.4 Å². The number of aryl methyl sites for hydroxylation is 1. The third-order valence-corrected chi connectivity index (χ3v) is 9.14. The second-order valence-electron chi connectivity index (χ2n) is 10.7. The van der Waals surface area contributed by atoms with Crippen LogP contribution in [0.5, 0.6) is 11.5 Å². The molecule has 2 aliphatic rings. The molecule has 0 unspecified atom stereocenters. The van der Waals surface area contributed by atoms with Gasteiger partial charge in [-0.2, -0.15) is 5.10 Å². The average Bonchev–Trinajstić information content (AvgIpc) is 3.76. The van der Waals surface area contributed by atoms with Crippen LogP contribution >= 0.6 is 11.8 Å². The molecule has 1 N–H and O–H groups in total. The number of amides is 2. The number of hydrogen-bond donors (Lipinski definition) is 1. The molecule has 4 aromatic rings. The fourth-order valence-corrected chi connectivity index (χ4v) is 6.61. The predicted octanol–water partition coefficient (Wildman–Crippen LogP) is 5.62. The molecule has 6 rings (SSSR count). The molecule has 0 saturated heterocycles. The van der Waals surface area contributed by atoms with Crippen LogP contribution in [0.2, 0.25) is 0 Å². The molecule has 1 aromatic heterocycles. The van der Waals surface area contributed by atoms with Gasteiger partial charge in [-0.1, -0.05) is 42.5 Å². The zero-order valence-corrected chi connectivity index (χ0v) is 25.0. The Morgan fingerprint density at radius 3 is 2.52 bits per heavy atom. The first-order valence-electron chi connectivity index (χ1n) is 14.1. The average molecular weight is 583 g/mol. The summed E-state index contributed by atoms with van der Waals surface area (Å²) >= 11 is 1.51. The molecule has 8 nitrogen and oxygen atoms in total. The fraction of sp³-hybridized carbons (Fsp3) is 0.303. The van der Waals surface area contributed by atoms with Crippen LogP contribution in [0.25, 0.3) is 16.9 Å². The summed E-state index contributed by atoms with van der Waals surface area (Å²) in [5.41, 5.74) is 6.40. The topological polar surface area (TPSA) is 85.7 Å². The summed E-state index contributed by atoms with van der Waals surface area (Å²) in [5, 5.41) is 7.95. The monoisotopic (exact) mass is 582 g/mol. The number of carbonyl (C=O) groups excluding carboxylic acids is 2. The Bertz CT molecular complexity index is 1650. The SMILES string of the molecule is COc1ccc(OC)c([C@@H]2SCC(=O)N(CC(=O)NC3CC3)c3c2c(-c2ccccc2)nn3-c2cccc(C)c2C)c1. The minimum absolute atomic E-state index is 0.0877. The normalized spacial score (nSPS) is 16.5. The van der Waals surface area contributed by atoms with Crippen LogP contribution in [-0.2, 0) is 9.59 Å². The molecule has 1 aliphatic carbocycles. The van der Waals surface area contributed by atoms with E-state index in [4.69, 9.17) is 14.6 Å². The van der Waals surface area contributed by atoms with Gasteiger partial charge in [-0.25, -0.2) is 4.68 Å². The van der Waals surface area contributed by atoms with Crippen molar-refractivity contribution in [3.8, 4) is 28.4 Å². The number of benzene rings is 3. The molecular formula is C33H34N4O4S. The quantitative estimate of drug-likeness (QED) is 0.290. The Labute approximate surface area is 250 Å². The fourth-order valence-electron chi connectivity index (χ4n) is 5.40. The van der Waals surface area contributed by atoms with Gasteiger partial charge in [-0.05, 0) is 62.1 Å². The number of methoxy groups -OCH3 is 2. The minimum atomic E-state index is -0.334. The summed E-state index contributed by atoms with van der Waals surface area (Å²) in [4.78, 5) is 28.8. The first kappa shape index (κ1) is 27.9. The van der Waals surface area contributed by atoms with Gasteiger partial charge in [0.1, 0.15) is 23.9 Å². The number of rotatable bonds is 8. The van der Waals surface area contributed by atoms with Crippen LogP contribution < -0.4 is 19.7 Å². The Balaban J connectivity index is 1.66. The molecular weight excluding hydrogens is 548 g/mol. The van der Waals surface area contributed by atoms with Crippen LogP contribution in [0.3, 0.4) is 0 Å². The lowest BCUT2D eigenvalue weighted by atomic mass is 9.98. The third-order valence-electron chi connectivity index (χ3n) is 7.90. The summed E-state index contributed by atoms with van der Waals surface area (Å²) in [5.74, 6) is 1.82. The maximum atomic E-state index is 14.0. The van der Waals surface area contributed by atoms with Crippen molar-refractivity contribution in [2.24, 2.45) is 0 Å². The zero-order chi connectivity index (χ0) is 29.4. The van der Waals surface area contributed by atoms with Crippen LogP contribution in [-0.4, -0.2) is 54.2 Å². The lowest BCUT2D eigenvalue weighted by molar-refractivity contribution is -0.123. The third kappa shape index (κ3) is 5.25. The summed E-state index contributed by atoms with van der Waals surface area (Å²) in [6, 6.07) is 22.0. The summed E-state index contributed by atoms with van der Waals surface area (Å²) in [6.45, 7) is 4.03. The molecule has 0 bridgehead atoms. The molecule has 2 heterocycles. The lowest BCUT2D eigenvalue weighted by Gasteiger charge is -2.24. The molecule has 0 spiro atoms. The van der Waals surface area contributed by atoms with E-state index in [2.05, 4.69) is 25.2 Å². The summed E-state index contributed by atoms with van der Waals surface area (Å²) < 4.78 is 13.3. The molecule has 1 saturated carbocycles. The van der Waals surface area contributed by atoms with Crippen molar-refractivity contribution in [2.45, 2.75) is 38.0 Å². The highest BCUT2D eigenvalue weighted by Gasteiger charge is 2.39. The second kappa shape index (κ2) is 11.6. The van der Waals surface area contributed by atoms with Crippen molar-refractivity contribution in [1.29, 1.82) is 0 Å². The Hall–Kier alpha value is -4.24. The first-order valence-corrected chi connectivity index (χ1v) is 15.1. The number of hydrogen-bond acceptors (Lipinski definition) is 6. The minimum Gasteiger partial charge on any atom is -0.497 e. The largest absolute Gasteiger partial charge is 0.497 e. The first-order chi connectivity index (χ1) is 20.4. The van der Waals surface area contributed by atoms with E-state index in [1.165, 1.54) is 11.8 Å². The molecule has 0 radical (unpaired) electrons. The number of fused-ring (bicyclic) bond motifs is 1. The number of anilines is 1. The second-order valence-corrected chi connectivity index (χ2v) is 11.8. The number of thioether (sulfide) groups is 1. The maximum absolute atomic E-state index is 14.0. The molecule has 1 atom stereocenters. The highest BCUT2D eigenvalue weighted by Crippen LogP contribution is 2.51. The number of nitrogens with one attached hydrogen (secondary N) is 1. The van der Waals surface area contributed by atoms with Gasteiger partial charge >= 0.3 is 0 Å². The number of carbonyl (C=O) groups is 2. The lowest BCUT2D eigenvalue weighted by Crippen LogP contribution is -2.43. The van der Waals surface area contributed by atoms with Gasteiger partial charge in [0.25, 0.3) is 0 Å². The summed E-state index contributed by atoms with van der Waals surface area (Å²) in [7, 11) is 3.28. The molecule has 1 fully saturated rings. The van der Waals surface area contributed by atoms with Crippen molar-refractivity contribution in [2.75, 3.05) is 31.4 Å². The van der Waals surface area contributed by atoms with E-state index in [9.17, 15) is 9.59 Å². The Kier molecular flexibility index (Phi) is 7.68. The van der Waals surface area contributed by atoms with E-state index in [-0.39, 0.29) is 35.4 Å². The highest BCUT2D eigenvalue weighted by molar-refractivity contribution is 8.00. The van der Waals surface area contributed by atoms with Crippen LogP contribution in [0.1, 0.15) is 40.3 Å². The van der Waals surface area contributed by atoms with Gasteiger partial charge in [0.15, 0.2) is 0 Å². The van der Waals surface area contributed by atoms with Crippen LogP contribution in [0.15, 0.2) is 66.7 Å². The van der Waals surface area contributed by atoms with E-state index in [0.29, 0.717) is 17.3 Å².